The van der Waals surface area contributed by atoms with Crippen molar-refractivity contribution in [2.24, 2.45) is 5.92 Å². The molecule has 46 heavy (non-hydrogen) atoms. The largest absolute Gasteiger partial charge is 0.485 e. The number of hydrogen-bond donors (Lipinski definition) is 1. The molecule has 2 atom stereocenters. The number of carbonyl (C=O) groups excluding carboxylic acids is 1. The Morgan fingerprint density at radius 2 is 1.59 bits per heavy atom. The summed E-state index contributed by atoms with van der Waals surface area (Å²) in [5.74, 6) is 0.810. The van der Waals surface area contributed by atoms with Gasteiger partial charge in [-0.3, -0.25) is 9.78 Å². The van der Waals surface area contributed by atoms with E-state index in [4.69, 9.17) is 4.74 Å². The van der Waals surface area contributed by atoms with E-state index in [-0.39, 0.29) is 24.0 Å². The van der Waals surface area contributed by atoms with Gasteiger partial charge in [-0.25, -0.2) is 0 Å². The molecule has 1 aliphatic rings. The first-order valence-corrected chi connectivity index (χ1v) is 15.9. The molecule has 1 amide bonds. The van der Waals surface area contributed by atoms with Crippen LogP contribution in [0.1, 0.15) is 70.5 Å². The lowest BCUT2D eigenvalue weighted by Crippen LogP contribution is -2.43. The summed E-state index contributed by atoms with van der Waals surface area (Å²) in [4.78, 5) is 19.7. The van der Waals surface area contributed by atoms with E-state index in [9.17, 15) is 18.0 Å². The minimum absolute atomic E-state index is 0.0603. The van der Waals surface area contributed by atoms with E-state index in [2.05, 4.69) is 22.1 Å². The predicted molar refractivity (Wildman–Crippen MR) is 176 cm³/mol. The summed E-state index contributed by atoms with van der Waals surface area (Å²) in [5.41, 5.74) is 5.89. The van der Waals surface area contributed by atoms with Crippen LogP contribution in [0.3, 0.4) is 0 Å². The zero-order valence-electron chi connectivity index (χ0n) is 26.9. The molecule has 242 valence electrons. The van der Waals surface area contributed by atoms with E-state index in [0.717, 1.165) is 77.9 Å². The Bertz CT molecular complexity index is 1590. The smallest absolute Gasteiger partial charge is 0.416 e. The van der Waals surface area contributed by atoms with Gasteiger partial charge in [-0.2, -0.15) is 13.2 Å². The second-order valence-electron chi connectivity index (χ2n) is 12.5. The topological polar surface area (TPSA) is 54.5 Å². The normalized spacial score (nSPS) is 15.7. The van der Waals surface area contributed by atoms with E-state index in [1.54, 1.807) is 24.5 Å². The summed E-state index contributed by atoms with van der Waals surface area (Å²) in [6.45, 7) is 10.4. The van der Waals surface area contributed by atoms with Gasteiger partial charge in [0.25, 0.3) is 5.91 Å². The average Bonchev–Trinajstić information content (AvgIpc) is 3.03. The highest BCUT2D eigenvalue weighted by Gasteiger charge is 2.33. The Morgan fingerprint density at radius 1 is 0.935 bits per heavy atom. The van der Waals surface area contributed by atoms with Crippen molar-refractivity contribution in [2.75, 3.05) is 19.6 Å². The third-order valence-electron chi connectivity index (χ3n) is 9.07. The number of likely N-dealkylation sites (tertiary alicyclic amines) is 1. The molecule has 1 saturated heterocycles. The fourth-order valence-corrected chi connectivity index (χ4v) is 6.49. The number of piperidine rings is 1. The van der Waals surface area contributed by atoms with E-state index < -0.39 is 11.7 Å². The van der Waals surface area contributed by atoms with Gasteiger partial charge in [0.15, 0.2) is 0 Å². The van der Waals surface area contributed by atoms with Crippen LogP contribution in [0.4, 0.5) is 13.2 Å². The molecule has 0 saturated carbocycles. The SMILES string of the molecule is Cc1cccc(OC(c2ccc(C(F)(F)F)cc2)C2CCN(C(C)CCNC(=O)c3c(C)cc(-c4ccncc4)cc3C)CC2)c1. The van der Waals surface area contributed by atoms with Crippen LogP contribution in [0.25, 0.3) is 11.1 Å². The van der Waals surface area contributed by atoms with Crippen LogP contribution in [0.2, 0.25) is 0 Å². The van der Waals surface area contributed by atoms with Gasteiger partial charge in [0.1, 0.15) is 11.9 Å². The Balaban J connectivity index is 1.17. The highest BCUT2D eigenvalue weighted by molar-refractivity contribution is 5.97. The van der Waals surface area contributed by atoms with Crippen LogP contribution < -0.4 is 10.1 Å². The number of aryl methyl sites for hydroxylation is 3. The molecule has 0 aliphatic carbocycles. The number of hydrogen-bond acceptors (Lipinski definition) is 4. The molecule has 4 aromatic rings. The summed E-state index contributed by atoms with van der Waals surface area (Å²) in [5, 5.41) is 3.13. The van der Waals surface area contributed by atoms with Crippen LogP contribution >= 0.6 is 0 Å². The Hall–Kier alpha value is -4.17. The van der Waals surface area contributed by atoms with Crippen LogP contribution in [0.5, 0.6) is 5.75 Å². The number of ether oxygens (including phenoxy) is 1. The van der Waals surface area contributed by atoms with E-state index >= 15 is 0 Å². The first-order valence-electron chi connectivity index (χ1n) is 15.9. The van der Waals surface area contributed by atoms with Crippen molar-refractivity contribution in [3.05, 3.63) is 119 Å². The Labute approximate surface area is 269 Å². The van der Waals surface area contributed by atoms with Crippen molar-refractivity contribution < 1.29 is 22.7 Å². The number of carbonyl (C=O) groups is 1. The number of pyridine rings is 1. The summed E-state index contributed by atoms with van der Waals surface area (Å²) in [6, 6.07) is 21.5. The lowest BCUT2D eigenvalue weighted by Gasteiger charge is -2.39. The number of amides is 1. The molecule has 1 aliphatic heterocycles. The van der Waals surface area contributed by atoms with Crippen LogP contribution in [-0.2, 0) is 6.18 Å². The van der Waals surface area contributed by atoms with Crippen molar-refractivity contribution in [3.63, 3.8) is 0 Å². The average molecular weight is 630 g/mol. The van der Waals surface area contributed by atoms with Gasteiger partial charge in [0.05, 0.1) is 5.56 Å². The monoisotopic (exact) mass is 629 g/mol. The van der Waals surface area contributed by atoms with Gasteiger partial charge in [-0.05, 0) is 130 Å². The quantitative estimate of drug-likeness (QED) is 0.191. The van der Waals surface area contributed by atoms with Crippen molar-refractivity contribution in [1.82, 2.24) is 15.2 Å². The lowest BCUT2D eigenvalue weighted by atomic mass is 9.86. The van der Waals surface area contributed by atoms with Crippen molar-refractivity contribution in [2.45, 2.75) is 65.3 Å². The summed E-state index contributed by atoms with van der Waals surface area (Å²) in [6.07, 6.45) is 1.33. The number of nitrogens with one attached hydrogen (secondary N) is 1. The maximum atomic E-state index is 13.3. The molecular formula is C38H42F3N3O2. The molecular weight excluding hydrogens is 587 g/mol. The molecule has 1 fully saturated rings. The number of aromatic nitrogens is 1. The summed E-state index contributed by atoms with van der Waals surface area (Å²) < 4.78 is 46.2. The molecule has 0 spiro atoms. The highest BCUT2D eigenvalue weighted by atomic mass is 19.4. The number of alkyl halides is 3. The van der Waals surface area contributed by atoms with Crippen molar-refractivity contribution in [3.8, 4) is 16.9 Å². The molecule has 5 nitrogen and oxygen atoms in total. The molecule has 0 radical (unpaired) electrons. The van der Waals surface area contributed by atoms with E-state index in [0.29, 0.717) is 17.9 Å². The van der Waals surface area contributed by atoms with Crippen molar-refractivity contribution >= 4 is 5.91 Å². The minimum atomic E-state index is -4.38. The molecule has 2 unspecified atom stereocenters. The van der Waals surface area contributed by atoms with E-state index in [1.807, 2.05) is 69.3 Å². The van der Waals surface area contributed by atoms with Crippen molar-refractivity contribution in [1.29, 1.82) is 0 Å². The number of nitrogens with zero attached hydrogens (tertiary/aromatic N) is 2. The fourth-order valence-electron chi connectivity index (χ4n) is 6.49. The van der Waals surface area contributed by atoms with Gasteiger partial charge >= 0.3 is 6.18 Å². The third kappa shape index (κ3) is 8.15. The zero-order chi connectivity index (χ0) is 32.8. The zero-order valence-corrected chi connectivity index (χ0v) is 26.9. The second kappa shape index (κ2) is 14.5. The fraction of sp³-hybridized carbons (Fsp3) is 0.368. The second-order valence-corrected chi connectivity index (χ2v) is 12.5. The first-order chi connectivity index (χ1) is 22.0. The van der Waals surface area contributed by atoms with Crippen LogP contribution in [0, 0.1) is 26.7 Å². The lowest BCUT2D eigenvalue weighted by molar-refractivity contribution is -0.137. The van der Waals surface area contributed by atoms with Crippen LogP contribution in [-0.4, -0.2) is 41.5 Å². The number of rotatable bonds is 10. The van der Waals surface area contributed by atoms with Crippen LogP contribution in [0.15, 0.2) is 85.2 Å². The number of halogens is 3. The van der Waals surface area contributed by atoms with E-state index in [1.165, 1.54) is 0 Å². The summed E-state index contributed by atoms with van der Waals surface area (Å²) >= 11 is 0. The molecule has 3 aromatic carbocycles. The number of benzene rings is 3. The first kappa shape index (κ1) is 33.2. The molecule has 2 heterocycles. The van der Waals surface area contributed by atoms with Gasteiger partial charge in [0.2, 0.25) is 0 Å². The van der Waals surface area contributed by atoms with Gasteiger partial charge < -0.3 is 15.0 Å². The molecule has 5 rings (SSSR count). The minimum Gasteiger partial charge on any atom is -0.485 e. The molecule has 0 bridgehead atoms. The predicted octanol–water partition coefficient (Wildman–Crippen LogP) is 8.73. The molecule has 8 heteroatoms. The third-order valence-corrected chi connectivity index (χ3v) is 9.07. The standard InChI is InChI=1S/C38H42F3N3O2/c1-25-6-5-7-34(22-25)46-36(30-8-10-33(11-9-30)38(39,40)41)31-15-20-44(21-16-31)28(4)12-19-43-37(45)35-26(2)23-32(24-27(35)3)29-13-17-42-18-14-29/h5-11,13-14,17-18,22-24,28,31,36H,12,15-16,19-21H2,1-4H3,(H,43,45). The maximum Gasteiger partial charge on any atom is 0.416 e. The van der Waals surface area contributed by atoms with Gasteiger partial charge in [-0.15, -0.1) is 0 Å². The summed E-state index contributed by atoms with van der Waals surface area (Å²) in [7, 11) is 0. The maximum absolute atomic E-state index is 13.3. The van der Waals surface area contributed by atoms with Gasteiger partial charge in [0, 0.05) is 36.5 Å². The van der Waals surface area contributed by atoms with Gasteiger partial charge in [-0.1, -0.05) is 36.4 Å². The Kier molecular flexibility index (Phi) is 10.5. The molecule has 1 N–H and O–H groups in total. The molecule has 1 aromatic heterocycles. The highest BCUT2D eigenvalue weighted by Crippen LogP contribution is 2.37. The Morgan fingerprint density at radius 3 is 2.20 bits per heavy atom.